The van der Waals surface area contributed by atoms with Crippen molar-refractivity contribution in [2.45, 2.75) is 19.0 Å². The summed E-state index contributed by atoms with van der Waals surface area (Å²) >= 11 is 1.77. The van der Waals surface area contributed by atoms with Gasteiger partial charge in [0.05, 0.1) is 0 Å². The fraction of sp³-hybridized carbons (Fsp3) is 0.556. The number of rotatable bonds is 1. The van der Waals surface area contributed by atoms with E-state index >= 15 is 0 Å². The molecule has 12 heavy (non-hydrogen) atoms. The quantitative estimate of drug-likeness (QED) is 0.685. The lowest BCUT2D eigenvalue weighted by Gasteiger charge is -2.28. The Kier molecular flexibility index (Phi) is 2.44. The van der Waals surface area contributed by atoms with Gasteiger partial charge in [-0.05, 0) is 29.3 Å². The Labute approximate surface area is 77.0 Å². The van der Waals surface area contributed by atoms with Crippen molar-refractivity contribution in [3.8, 4) is 0 Å². The predicted octanol–water partition coefficient (Wildman–Crippen LogP) is 1.37. The van der Waals surface area contributed by atoms with Crippen LogP contribution < -0.4 is 10.6 Å². The monoisotopic (exact) mass is 182 g/mol. The zero-order valence-electron chi connectivity index (χ0n) is 7.21. The summed E-state index contributed by atoms with van der Waals surface area (Å²) in [7, 11) is 0. The van der Waals surface area contributed by atoms with Crippen molar-refractivity contribution in [3.05, 3.63) is 22.4 Å². The molecule has 1 aliphatic rings. The highest BCUT2D eigenvalue weighted by Gasteiger charge is 2.17. The van der Waals surface area contributed by atoms with Crippen LogP contribution in [0, 0.1) is 0 Å². The predicted molar refractivity (Wildman–Crippen MR) is 52.5 cm³/mol. The zero-order valence-corrected chi connectivity index (χ0v) is 8.03. The largest absolute Gasteiger partial charge is 0.311 e. The summed E-state index contributed by atoms with van der Waals surface area (Å²) in [5.41, 5.74) is 1.42. The number of piperazine rings is 1. The Bertz CT molecular complexity index is 225. The van der Waals surface area contributed by atoms with Crippen LogP contribution in [-0.4, -0.2) is 19.1 Å². The van der Waals surface area contributed by atoms with Crippen LogP contribution in [0.1, 0.15) is 18.5 Å². The van der Waals surface area contributed by atoms with Crippen molar-refractivity contribution < 1.29 is 0 Å². The molecule has 2 heterocycles. The first-order valence-corrected chi connectivity index (χ1v) is 5.29. The molecule has 1 fully saturated rings. The molecule has 0 amide bonds. The van der Waals surface area contributed by atoms with Gasteiger partial charge in [-0.15, -0.1) is 0 Å². The van der Waals surface area contributed by atoms with Crippen LogP contribution in [0.25, 0.3) is 0 Å². The Morgan fingerprint density at radius 1 is 1.42 bits per heavy atom. The van der Waals surface area contributed by atoms with E-state index in [1.807, 2.05) is 0 Å². The minimum Gasteiger partial charge on any atom is -0.311 e. The molecule has 0 aliphatic carbocycles. The van der Waals surface area contributed by atoms with Gasteiger partial charge in [0.15, 0.2) is 0 Å². The van der Waals surface area contributed by atoms with Gasteiger partial charge in [-0.25, -0.2) is 0 Å². The summed E-state index contributed by atoms with van der Waals surface area (Å²) in [4.78, 5) is 0. The lowest BCUT2D eigenvalue weighted by Crippen LogP contribution is -2.48. The van der Waals surface area contributed by atoms with Gasteiger partial charge in [0, 0.05) is 25.2 Å². The minimum absolute atomic E-state index is 0.521. The van der Waals surface area contributed by atoms with Crippen molar-refractivity contribution >= 4 is 11.3 Å². The van der Waals surface area contributed by atoms with Gasteiger partial charge in [-0.3, -0.25) is 0 Å². The third-order valence-electron chi connectivity index (χ3n) is 2.29. The van der Waals surface area contributed by atoms with E-state index in [1.165, 1.54) is 5.56 Å². The Morgan fingerprint density at radius 3 is 2.92 bits per heavy atom. The number of nitrogens with one attached hydrogen (secondary N) is 2. The van der Waals surface area contributed by atoms with Crippen LogP contribution >= 0.6 is 11.3 Å². The molecule has 0 saturated carbocycles. The summed E-state index contributed by atoms with van der Waals surface area (Å²) in [5, 5.41) is 11.3. The Balaban J connectivity index is 1.99. The molecule has 1 aliphatic heterocycles. The molecule has 0 bridgehead atoms. The van der Waals surface area contributed by atoms with Crippen LogP contribution in [0.3, 0.4) is 0 Å². The van der Waals surface area contributed by atoms with Crippen molar-refractivity contribution in [1.29, 1.82) is 0 Å². The third-order valence-corrected chi connectivity index (χ3v) is 2.99. The maximum Gasteiger partial charge on any atom is 0.0455 e. The van der Waals surface area contributed by atoms with Gasteiger partial charge in [0.25, 0.3) is 0 Å². The highest BCUT2D eigenvalue weighted by atomic mass is 32.1. The molecule has 0 radical (unpaired) electrons. The van der Waals surface area contributed by atoms with E-state index in [4.69, 9.17) is 0 Å². The molecule has 3 heteroatoms. The van der Waals surface area contributed by atoms with E-state index in [0.717, 1.165) is 13.1 Å². The molecule has 2 nitrogen and oxygen atoms in total. The van der Waals surface area contributed by atoms with E-state index in [9.17, 15) is 0 Å². The standard InChI is InChI=1S/C9H14N2S/c1-7-4-11-9(5-10-7)8-2-3-12-6-8/h2-3,6-7,9-11H,4-5H2,1H3/t7-,9-/m1/s1. The van der Waals surface area contributed by atoms with Crippen LogP contribution in [0.4, 0.5) is 0 Å². The number of hydrogen-bond donors (Lipinski definition) is 2. The van der Waals surface area contributed by atoms with Gasteiger partial charge < -0.3 is 10.6 Å². The highest BCUT2D eigenvalue weighted by Crippen LogP contribution is 2.17. The molecule has 2 atom stereocenters. The summed E-state index contributed by atoms with van der Waals surface area (Å²) in [6, 6.07) is 3.33. The molecular formula is C9H14N2S. The molecule has 2 N–H and O–H groups in total. The summed E-state index contributed by atoms with van der Waals surface area (Å²) in [5.74, 6) is 0. The van der Waals surface area contributed by atoms with Crippen molar-refractivity contribution in [1.82, 2.24) is 10.6 Å². The average molecular weight is 182 g/mol. The lowest BCUT2D eigenvalue weighted by atomic mass is 10.1. The number of hydrogen-bond acceptors (Lipinski definition) is 3. The van der Waals surface area contributed by atoms with Crippen LogP contribution in [-0.2, 0) is 0 Å². The van der Waals surface area contributed by atoms with Crippen molar-refractivity contribution in [2.24, 2.45) is 0 Å². The van der Waals surface area contributed by atoms with Gasteiger partial charge in [0.1, 0.15) is 0 Å². The van der Waals surface area contributed by atoms with Gasteiger partial charge in [-0.2, -0.15) is 11.3 Å². The normalized spacial score (nSPS) is 30.4. The Morgan fingerprint density at radius 2 is 2.33 bits per heavy atom. The Hall–Kier alpha value is -0.380. The lowest BCUT2D eigenvalue weighted by molar-refractivity contribution is 0.367. The third kappa shape index (κ3) is 1.68. The molecule has 1 aromatic heterocycles. The first kappa shape index (κ1) is 8.23. The fourth-order valence-corrected chi connectivity index (χ4v) is 2.21. The minimum atomic E-state index is 0.521. The van der Waals surface area contributed by atoms with E-state index in [1.54, 1.807) is 11.3 Å². The average Bonchev–Trinajstić information content (AvgIpc) is 2.58. The van der Waals surface area contributed by atoms with Crippen LogP contribution in [0.2, 0.25) is 0 Å². The van der Waals surface area contributed by atoms with Crippen molar-refractivity contribution in [2.75, 3.05) is 13.1 Å². The molecule has 1 aromatic rings. The van der Waals surface area contributed by atoms with Gasteiger partial charge in [-0.1, -0.05) is 0 Å². The van der Waals surface area contributed by atoms with E-state index in [-0.39, 0.29) is 0 Å². The smallest absolute Gasteiger partial charge is 0.0455 e. The topological polar surface area (TPSA) is 24.1 Å². The second-order valence-corrected chi connectivity index (χ2v) is 4.11. The molecule has 0 aromatic carbocycles. The molecule has 0 unspecified atom stereocenters. The first-order valence-electron chi connectivity index (χ1n) is 4.35. The number of thiophene rings is 1. The van der Waals surface area contributed by atoms with Crippen molar-refractivity contribution in [3.63, 3.8) is 0 Å². The zero-order chi connectivity index (χ0) is 8.39. The summed E-state index contributed by atoms with van der Waals surface area (Å²) in [6.45, 7) is 4.33. The highest BCUT2D eigenvalue weighted by molar-refractivity contribution is 7.07. The van der Waals surface area contributed by atoms with E-state index < -0.39 is 0 Å². The maximum atomic E-state index is 3.52. The second-order valence-electron chi connectivity index (χ2n) is 3.33. The molecule has 2 rings (SSSR count). The van der Waals surface area contributed by atoms with Crippen LogP contribution in [0.5, 0.6) is 0 Å². The molecule has 1 saturated heterocycles. The van der Waals surface area contributed by atoms with E-state index in [2.05, 4.69) is 34.4 Å². The summed E-state index contributed by atoms with van der Waals surface area (Å²) < 4.78 is 0. The fourth-order valence-electron chi connectivity index (χ4n) is 1.49. The first-order chi connectivity index (χ1) is 5.86. The summed E-state index contributed by atoms with van der Waals surface area (Å²) in [6.07, 6.45) is 0. The maximum absolute atomic E-state index is 3.52. The molecule has 0 spiro atoms. The van der Waals surface area contributed by atoms with Gasteiger partial charge >= 0.3 is 0 Å². The molecular weight excluding hydrogens is 168 g/mol. The van der Waals surface area contributed by atoms with E-state index in [0.29, 0.717) is 12.1 Å². The van der Waals surface area contributed by atoms with Crippen LogP contribution in [0.15, 0.2) is 16.8 Å². The molecule has 66 valence electrons. The SMILES string of the molecule is C[C@@H]1CN[C@@H](c2ccsc2)CN1. The van der Waals surface area contributed by atoms with Gasteiger partial charge in [0.2, 0.25) is 0 Å². The second kappa shape index (κ2) is 3.56.